The highest BCUT2D eigenvalue weighted by atomic mass is 32.2. The van der Waals surface area contributed by atoms with Crippen molar-refractivity contribution in [3.63, 3.8) is 0 Å². The van der Waals surface area contributed by atoms with Gasteiger partial charge in [-0.1, -0.05) is 6.92 Å². The SMILES string of the molecule is CC(CO)CSCCC(=O)N1CCNCC1. The maximum Gasteiger partial charge on any atom is 0.223 e. The summed E-state index contributed by atoms with van der Waals surface area (Å²) in [6, 6.07) is 0. The summed E-state index contributed by atoms with van der Waals surface area (Å²) in [7, 11) is 0. The lowest BCUT2D eigenvalue weighted by Crippen LogP contribution is -2.46. The van der Waals surface area contributed by atoms with Crippen LogP contribution >= 0.6 is 11.8 Å². The third kappa shape index (κ3) is 5.18. The van der Waals surface area contributed by atoms with E-state index in [-0.39, 0.29) is 12.5 Å². The first-order chi connectivity index (χ1) is 7.74. The molecule has 0 aromatic carbocycles. The third-order valence-electron chi connectivity index (χ3n) is 2.64. The molecule has 0 aromatic heterocycles. The fourth-order valence-corrected chi connectivity index (χ4v) is 2.56. The number of amides is 1. The number of nitrogens with one attached hydrogen (secondary N) is 1. The third-order valence-corrected chi connectivity index (χ3v) is 3.94. The molecule has 1 rings (SSSR count). The highest BCUT2D eigenvalue weighted by Crippen LogP contribution is 2.10. The Bertz CT molecular complexity index is 208. The van der Waals surface area contributed by atoms with Crippen LogP contribution in [0.4, 0.5) is 0 Å². The Morgan fingerprint density at radius 3 is 2.81 bits per heavy atom. The van der Waals surface area contributed by atoms with Gasteiger partial charge in [-0.05, 0) is 11.7 Å². The van der Waals surface area contributed by atoms with Crippen molar-refractivity contribution in [1.29, 1.82) is 0 Å². The van der Waals surface area contributed by atoms with E-state index in [9.17, 15) is 4.79 Å². The van der Waals surface area contributed by atoms with Crippen LogP contribution in [0.15, 0.2) is 0 Å². The fraction of sp³-hybridized carbons (Fsp3) is 0.909. The molecule has 0 saturated carbocycles. The van der Waals surface area contributed by atoms with Crippen molar-refractivity contribution >= 4 is 17.7 Å². The molecule has 4 nitrogen and oxygen atoms in total. The van der Waals surface area contributed by atoms with Crippen molar-refractivity contribution in [1.82, 2.24) is 10.2 Å². The van der Waals surface area contributed by atoms with E-state index in [0.29, 0.717) is 12.3 Å². The predicted molar refractivity (Wildman–Crippen MR) is 67.6 cm³/mol. The van der Waals surface area contributed by atoms with E-state index in [2.05, 4.69) is 5.32 Å². The highest BCUT2D eigenvalue weighted by molar-refractivity contribution is 7.99. The molecule has 2 N–H and O–H groups in total. The number of nitrogens with zero attached hydrogens (tertiary/aromatic N) is 1. The van der Waals surface area contributed by atoms with Gasteiger partial charge in [-0.25, -0.2) is 0 Å². The van der Waals surface area contributed by atoms with Crippen LogP contribution in [0.3, 0.4) is 0 Å². The van der Waals surface area contributed by atoms with Crippen molar-refractivity contribution < 1.29 is 9.90 Å². The molecule has 1 amide bonds. The van der Waals surface area contributed by atoms with Crippen LogP contribution in [0.25, 0.3) is 0 Å². The molecule has 0 aromatic rings. The molecular formula is C11H22N2O2S. The predicted octanol–water partition coefficient (Wildman–Crippen LogP) is 0.170. The molecule has 1 heterocycles. The van der Waals surface area contributed by atoms with Gasteiger partial charge in [-0.3, -0.25) is 4.79 Å². The number of hydrogen-bond acceptors (Lipinski definition) is 4. The quantitative estimate of drug-likeness (QED) is 0.656. The zero-order chi connectivity index (χ0) is 11.8. The van der Waals surface area contributed by atoms with Gasteiger partial charge in [0.25, 0.3) is 0 Å². The lowest BCUT2D eigenvalue weighted by atomic mass is 10.2. The van der Waals surface area contributed by atoms with Crippen molar-refractivity contribution in [2.75, 3.05) is 44.3 Å². The van der Waals surface area contributed by atoms with Crippen LogP contribution < -0.4 is 5.32 Å². The van der Waals surface area contributed by atoms with Crippen molar-refractivity contribution in [2.45, 2.75) is 13.3 Å². The largest absolute Gasteiger partial charge is 0.396 e. The number of aliphatic hydroxyl groups is 1. The minimum Gasteiger partial charge on any atom is -0.396 e. The standard InChI is InChI=1S/C11H22N2O2S/c1-10(8-14)9-16-7-2-11(15)13-5-3-12-4-6-13/h10,12,14H,2-9H2,1H3. The number of rotatable bonds is 6. The van der Waals surface area contributed by atoms with Gasteiger partial charge in [0.1, 0.15) is 0 Å². The molecule has 1 unspecified atom stereocenters. The summed E-state index contributed by atoms with van der Waals surface area (Å²) < 4.78 is 0. The van der Waals surface area contributed by atoms with Crippen LogP contribution in [-0.2, 0) is 4.79 Å². The molecule has 0 bridgehead atoms. The maximum atomic E-state index is 11.7. The normalized spacial score (nSPS) is 18.5. The van der Waals surface area contributed by atoms with Gasteiger partial charge in [-0.2, -0.15) is 11.8 Å². The number of carbonyl (C=O) groups is 1. The molecule has 1 aliphatic heterocycles. The average Bonchev–Trinajstić information content (AvgIpc) is 2.35. The number of carbonyl (C=O) groups excluding carboxylic acids is 1. The first-order valence-electron chi connectivity index (χ1n) is 5.91. The van der Waals surface area contributed by atoms with E-state index in [1.807, 2.05) is 11.8 Å². The molecule has 5 heteroatoms. The van der Waals surface area contributed by atoms with Gasteiger partial charge >= 0.3 is 0 Å². The monoisotopic (exact) mass is 246 g/mol. The molecule has 1 aliphatic rings. The molecule has 1 saturated heterocycles. The van der Waals surface area contributed by atoms with E-state index >= 15 is 0 Å². The Balaban J connectivity index is 2.05. The Morgan fingerprint density at radius 2 is 2.19 bits per heavy atom. The maximum absolute atomic E-state index is 11.7. The second-order valence-corrected chi connectivity index (χ2v) is 5.39. The first kappa shape index (κ1) is 13.8. The van der Waals surface area contributed by atoms with Gasteiger partial charge in [0.05, 0.1) is 0 Å². The smallest absolute Gasteiger partial charge is 0.223 e. The van der Waals surface area contributed by atoms with Crippen LogP contribution in [0.2, 0.25) is 0 Å². The Kier molecular flexibility index (Phi) is 6.84. The molecular weight excluding hydrogens is 224 g/mol. The molecule has 0 aliphatic carbocycles. The number of hydrogen-bond donors (Lipinski definition) is 2. The summed E-state index contributed by atoms with van der Waals surface area (Å²) in [6.07, 6.45) is 0.628. The second kappa shape index (κ2) is 7.92. The first-order valence-corrected chi connectivity index (χ1v) is 7.06. The van der Waals surface area contributed by atoms with E-state index in [1.54, 1.807) is 11.8 Å². The molecule has 0 radical (unpaired) electrons. The van der Waals surface area contributed by atoms with Gasteiger partial charge in [0.2, 0.25) is 5.91 Å². The summed E-state index contributed by atoms with van der Waals surface area (Å²) in [5.74, 6) is 2.41. The summed E-state index contributed by atoms with van der Waals surface area (Å²) in [4.78, 5) is 13.7. The van der Waals surface area contributed by atoms with Crippen LogP contribution in [0.1, 0.15) is 13.3 Å². The summed E-state index contributed by atoms with van der Waals surface area (Å²) in [6.45, 7) is 5.78. The van der Waals surface area contributed by atoms with Crippen molar-refractivity contribution in [2.24, 2.45) is 5.92 Å². The summed E-state index contributed by atoms with van der Waals surface area (Å²) in [5, 5.41) is 12.1. The zero-order valence-corrected chi connectivity index (χ0v) is 10.8. The van der Waals surface area contributed by atoms with Gasteiger partial charge < -0.3 is 15.3 Å². The lowest BCUT2D eigenvalue weighted by molar-refractivity contribution is -0.131. The van der Waals surface area contributed by atoms with Crippen LogP contribution in [0.5, 0.6) is 0 Å². The Morgan fingerprint density at radius 1 is 1.50 bits per heavy atom. The number of thioether (sulfide) groups is 1. The molecule has 0 spiro atoms. The van der Waals surface area contributed by atoms with E-state index in [0.717, 1.165) is 37.7 Å². The minimum absolute atomic E-state index is 0.235. The minimum atomic E-state index is 0.235. The molecule has 94 valence electrons. The fourth-order valence-electron chi connectivity index (χ4n) is 1.57. The zero-order valence-electron chi connectivity index (χ0n) is 9.95. The van der Waals surface area contributed by atoms with Gasteiger partial charge in [0, 0.05) is 45.0 Å². The summed E-state index contributed by atoms with van der Waals surface area (Å²) in [5.41, 5.74) is 0. The van der Waals surface area contributed by atoms with E-state index in [1.165, 1.54) is 0 Å². The van der Waals surface area contributed by atoms with Crippen molar-refractivity contribution in [3.8, 4) is 0 Å². The molecule has 16 heavy (non-hydrogen) atoms. The number of aliphatic hydroxyl groups excluding tert-OH is 1. The molecule has 1 fully saturated rings. The van der Waals surface area contributed by atoms with Gasteiger partial charge in [-0.15, -0.1) is 0 Å². The van der Waals surface area contributed by atoms with Crippen LogP contribution in [0, 0.1) is 5.92 Å². The van der Waals surface area contributed by atoms with Crippen LogP contribution in [-0.4, -0.2) is 60.2 Å². The molecule has 1 atom stereocenters. The topological polar surface area (TPSA) is 52.6 Å². The number of piperazine rings is 1. The average molecular weight is 246 g/mol. The summed E-state index contributed by atoms with van der Waals surface area (Å²) >= 11 is 1.76. The Labute approximate surface area is 102 Å². The highest BCUT2D eigenvalue weighted by Gasteiger charge is 2.15. The lowest BCUT2D eigenvalue weighted by Gasteiger charge is -2.27. The van der Waals surface area contributed by atoms with E-state index < -0.39 is 0 Å². The van der Waals surface area contributed by atoms with Gasteiger partial charge in [0.15, 0.2) is 0 Å². The Hall–Kier alpha value is -0.260. The van der Waals surface area contributed by atoms with E-state index in [4.69, 9.17) is 5.11 Å². The second-order valence-electron chi connectivity index (χ2n) is 4.24. The van der Waals surface area contributed by atoms with Crippen molar-refractivity contribution in [3.05, 3.63) is 0 Å².